The smallest absolute Gasteiger partial charge is 0.321 e. The molecule has 0 bridgehead atoms. The number of hydrogen-bond donors (Lipinski definition) is 3. The number of hydrogen-bond acceptors (Lipinski definition) is 5. The molecule has 0 spiro atoms. The molecule has 24 heavy (non-hydrogen) atoms. The van der Waals surface area contributed by atoms with Crippen LogP contribution in [0.1, 0.15) is 37.0 Å². The van der Waals surface area contributed by atoms with E-state index < -0.39 is 0 Å². The molecule has 3 amide bonds. The zero-order chi connectivity index (χ0) is 17.6. The Kier molecular flexibility index (Phi) is 5.86. The highest BCUT2D eigenvalue weighted by Crippen LogP contribution is 2.22. The molecule has 1 aromatic carbocycles. The summed E-state index contributed by atoms with van der Waals surface area (Å²) < 4.78 is 4.22. The van der Waals surface area contributed by atoms with Crippen molar-refractivity contribution in [3.8, 4) is 0 Å². The van der Waals surface area contributed by atoms with Crippen molar-refractivity contribution in [2.24, 2.45) is 0 Å². The van der Waals surface area contributed by atoms with Crippen molar-refractivity contribution in [2.75, 3.05) is 18.4 Å². The number of nitrogens with zero attached hydrogens (tertiary/aromatic N) is 2. The summed E-state index contributed by atoms with van der Waals surface area (Å²) in [5.41, 5.74) is 0.430. The van der Waals surface area contributed by atoms with Crippen molar-refractivity contribution in [1.82, 2.24) is 20.0 Å². The number of rotatable bonds is 5. The topological polar surface area (TPSA) is 96.0 Å². The number of nitrogens with one attached hydrogen (secondary N) is 3. The van der Waals surface area contributed by atoms with Crippen LogP contribution in [0.25, 0.3) is 0 Å². The van der Waals surface area contributed by atoms with Gasteiger partial charge < -0.3 is 10.6 Å². The van der Waals surface area contributed by atoms with E-state index in [2.05, 4.69) is 25.3 Å². The Morgan fingerprint density at radius 2 is 1.75 bits per heavy atom. The SMILES string of the molecule is CC(C)(C)c1nsc(NC(=O)NCCNC(=O)c2ccccc2)n1. The number of urea groups is 1. The minimum Gasteiger partial charge on any atom is -0.350 e. The summed E-state index contributed by atoms with van der Waals surface area (Å²) in [4.78, 5) is 27.9. The molecule has 0 unspecified atom stereocenters. The van der Waals surface area contributed by atoms with Gasteiger partial charge in [0, 0.05) is 35.6 Å². The van der Waals surface area contributed by atoms with E-state index in [1.807, 2.05) is 26.8 Å². The van der Waals surface area contributed by atoms with E-state index >= 15 is 0 Å². The molecule has 0 atom stereocenters. The van der Waals surface area contributed by atoms with E-state index in [1.54, 1.807) is 24.3 Å². The average Bonchev–Trinajstić information content (AvgIpc) is 3.01. The molecule has 0 radical (unpaired) electrons. The fourth-order valence-corrected chi connectivity index (χ4v) is 2.52. The Labute approximate surface area is 145 Å². The van der Waals surface area contributed by atoms with Crippen molar-refractivity contribution < 1.29 is 9.59 Å². The predicted molar refractivity (Wildman–Crippen MR) is 94.4 cm³/mol. The number of amides is 3. The van der Waals surface area contributed by atoms with E-state index in [1.165, 1.54) is 0 Å². The van der Waals surface area contributed by atoms with Gasteiger partial charge in [0.2, 0.25) is 5.13 Å². The maximum absolute atomic E-state index is 11.8. The van der Waals surface area contributed by atoms with E-state index in [0.29, 0.717) is 29.6 Å². The molecule has 0 fully saturated rings. The van der Waals surface area contributed by atoms with Crippen LogP contribution >= 0.6 is 11.5 Å². The third kappa shape index (κ3) is 5.31. The Morgan fingerprint density at radius 3 is 2.38 bits per heavy atom. The van der Waals surface area contributed by atoms with Gasteiger partial charge in [0.05, 0.1) is 0 Å². The molecule has 1 aromatic heterocycles. The third-order valence-electron chi connectivity index (χ3n) is 3.05. The minimum atomic E-state index is -0.374. The molecular weight excluding hydrogens is 326 g/mol. The molecule has 0 aliphatic carbocycles. The van der Waals surface area contributed by atoms with Gasteiger partial charge in [-0.2, -0.15) is 4.37 Å². The summed E-state index contributed by atoms with van der Waals surface area (Å²) in [6.45, 7) is 6.68. The summed E-state index contributed by atoms with van der Waals surface area (Å²) in [5.74, 6) is 0.523. The quantitative estimate of drug-likeness (QED) is 0.724. The lowest BCUT2D eigenvalue weighted by Crippen LogP contribution is -2.36. The molecule has 128 valence electrons. The summed E-state index contributed by atoms with van der Waals surface area (Å²) in [5, 5.41) is 8.48. The van der Waals surface area contributed by atoms with Gasteiger partial charge in [-0.25, -0.2) is 9.78 Å². The van der Waals surface area contributed by atoms with E-state index in [0.717, 1.165) is 11.5 Å². The summed E-state index contributed by atoms with van der Waals surface area (Å²) in [7, 11) is 0. The van der Waals surface area contributed by atoms with Gasteiger partial charge in [-0.05, 0) is 12.1 Å². The zero-order valence-electron chi connectivity index (χ0n) is 13.9. The molecule has 2 rings (SSSR count). The zero-order valence-corrected chi connectivity index (χ0v) is 14.7. The van der Waals surface area contributed by atoms with Crippen LogP contribution in [0.3, 0.4) is 0 Å². The highest BCUT2D eigenvalue weighted by molar-refractivity contribution is 7.09. The van der Waals surface area contributed by atoms with E-state index in [4.69, 9.17) is 0 Å². The second-order valence-corrected chi connectivity index (χ2v) is 6.93. The van der Waals surface area contributed by atoms with E-state index in [9.17, 15) is 9.59 Å². The van der Waals surface area contributed by atoms with Crippen molar-refractivity contribution in [1.29, 1.82) is 0 Å². The van der Waals surface area contributed by atoms with Crippen LogP contribution in [0, 0.1) is 0 Å². The summed E-state index contributed by atoms with van der Waals surface area (Å²) in [6.07, 6.45) is 0. The maximum Gasteiger partial charge on any atom is 0.321 e. The number of carbonyl (C=O) groups is 2. The Morgan fingerprint density at radius 1 is 1.08 bits per heavy atom. The predicted octanol–water partition coefficient (Wildman–Crippen LogP) is 2.39. The first kappa shape index (κ1) is 17.9. The molecule has 3 N–H and O–H groups in total. The molecule has 7 nitrogen and oxygen atoms in total. The molecule has 0 saturated carbocycles. The monoisotopic (exact) mass is 347 g/mol. The van der Waals surface area contributed by atoms with Crippen molar-refractivity contribution in [3.05, 3.63) is 41.7 Å². The average molecular weight is 347 g/mol. The standard InChI is InChI=1S/C16H21N5O2S/c1-16(2,3)13-19-15(24-21-13)20-14(23)18-10-9-17-12(22)11-7-5-4-6-8-11/h4-8H,9-10H2,1-3H3,(H,17,22)(H2,18,19,20,21,23). The first-order valence-corrected chi connectivity index (χ1v) is 8.36. The minimum absolute atomic E-state index is 0.158. The highest BCUT2D eigenvalue weighted by atomic mass is 32.1. The maximum atomic E-state index is 11.8. The second kappa shape index (κ2) is 7.87. The van der Waals surface area contributed by atoms with Gasteiger partial charge in [0.15, 0.2) is 0 Å². The number of anilines is 1. The molecule has 1 heterocycles. The van der Waals surface area contributed by atoms with Gasteiger partial charge in [0.25, 0.3) is 5.91 Å². The lowest BCUT2D eigenvalue weighted by Gasteiger charge is -2.12. The molecule has 0 saturated heterocycles. The first-order chi connectivity index (χ1) is 11.4. The van der Waals surface area contributed by atoms with Gasteiger partial charge >= 0.3 is 6.03 Å². The Bertz CT molecular complexity index is 694. The van der Waals surface area contributed by atoms with Crippen LogP contribution in [0.15, 0.2) is 30.3 Å². The first-order valence-electron chi connectivity index (χ1n) is 7.58. The highest BCUT2D eigenvalue weighted by Gasteiger charge is 2.20. The fourth-order valence-electron chi connectivity index (χ4n) is 1.76. The molecule has 0 aliphatic heterocycles. The Hall–Kier alpha value is -2.48. The number of benzene rings is 1. The number of aromatic nitrogens is 2. The molecule has 2 aromatic rings. The largest absolute Gasteiger partial charge is 0.350 e. The van der Waals surface area contributed by atoms with Crippen LogP contribution in [-0.2, 0) is 5.41 Å². The van der Waals surface area contributed by atoms with Crippen LogP contribution in [0.2, 0.25) is 0 Å². The van der Waals surface area contributed by atoms with Gasteiger partial charge in [-0.1, -0.05) is 39.0 Å². The van der Waals surface area contributed by atoms with Gasteiger partial charge in [-0.3, -0.25) is 10.1 Å². The van der Waals surface area contributed by atoms with Crippen LogP contribution < -0.4 is 16.0 Å². The fraction of sp³-hybridized carbons (Fsp3) is 0.375. The van der Waals surface area contributed by atoms with Crippen molar-refractivity contribution in [3.63, 3.8) is 0 Å². The van der Waals surface area contributed by atoms with Crippen molar-refractivity contribution >= 4 is 28.6 Å². The second-order valence-electron chi connectivity index (χ2n) is 6.18. The Balaban J connectivity index is 1.70. The van der Waals surface area contributed by atoms with E-state index in [-0.39, 0.29) is 17.4 Å². The van der Waals surface area contributed by atoms with Gasteiger partial charge in [0.1, 0.15) is 5.82 Å². The van der Waals surface area contributed by atoms with Crippen LogP contribution in [0.4, 0.5) is 9.93 Å². The third-order valence-corrected chi connectivity index (χ3v) is 3.68. The normalized spacial score (nSPS) is 11.0. The summed E-state index contributed by atoms with van der Waals surface area (Å²) >= 11 is 1.14. The number of carbonyl (C=O) groups excluding carboxylic acids is 2. The molecule has 0 aliphatic rings. The lowest BCUT2D eigenvalue weighted by atomic mass is 9.96. The van der Waals surface area contributed by atoms with Crippen molar-refractivity contribution in [2.45, 2.75) is 26.2 Å². The molecular formula is C16H21N5O2S. The lowest BCUT2D eigenvalue weighted by molar-refractivity contribution is 0.0954. The van der Waals surface area contributed by atoms with Crippen LogP contribution in [-0.4, -0.2) is 34.4 Å². The summed E-state index contributed by atoms with van der Waals surface area (Å²) in [6, 6.07) is 8.54. The van der Waals surface area contributed by atoms with Crippen LogP contribution in [0.5, 0.6) is 0 Å². The van der Waals surface area contributed by atoms with Gasteiger partial charge in [-0.15, -0.1) is 0 Å². The molecule has 8 heteroatoms.